The predicted octanol–water partition coefficient (Wildman–Crippen LogP) is 4.34. The van der Waals surface area contributed by atoms with E-state index in [0.717, 1.165) is 25.0 Å². The molecule has 1 N–H and O–H groups in total. The quantitative estimate of drug-likeness (QED) is 0.789. The van der Waals surface area contributed by atoms with Crippen LogP contribution in [0.3, 0.4) is 0 Å². The zero-order valence-corrected chi connectivity index (χ0v) is 14.8. The van der Waals surface area contributed by atoms with Gasteiger partial charge in [0, 0.05) is 6.54 Å². The highest BCUT2D eigenvalue weighted by molar-refractivity contribution is 5.80. The van der Waals surface area contributed by atoms with Crippen molar-refractivity contribution < 1.29 is 9.53 Å². The van der Waals surface area contributed by atoms with Gasteiger partial charge in [-0.05, 0) is 81.9 Å². The van der Waals surface area contributed by atoms with Crippen LogP contribution in [-0.2, 0) is 17.6 Å². The first kappa shape index (κ1) is 17.1. The summed E-state index contributed by atoms with van der Waals surface area (Å²) < 4.78 is 5.99. The van der Waals surface area contributed by atoms with E-state index in [4.69, 9.17) is 4.74 Å². The maximum Gasteiger partial charge on any atom is 0.260 e. The Morgan fingerprint density at radius 3 is 2.83 bits per heavy atom. The summed E-state index contributed by atoms with van der Waals surface area (Å²) in [5, 5.41) is 3.03. The molecule has 1 atom stereocenters. The van der Waals surface area contributed by atoms with E-state index < -0.39 is 6.10 Å². The normalized spacial score (nSPS) is 18.3. The molecule has 0 aliphatic heterocycles. The fourth-order valence-electron chi connectivity index (χ4n) is 3.72. The third kappa shape index (κ3) is 4.40. The maximum absolute atomic E-state index is 12.3. The van der Waals surface area contributed by atoms with E-state index in [1.807, 2.05) is 19.1 Å². The molecule has 0 radical (unpaired) electrons. The van der Waals surface area contributed by atoms with E-state index in [2.05, 4.69) is 17.5 Å². The first-order valence-corrected chi connectivity index (χ1v) is 9.47. The summed E-state index contributed by atoms with van der Waals surface area (Å²) in [5.41, 5.74) is 4.18. The van der Waals surface area contributed by atoms with E-state index >= 15 is 0 Å². The Morgan fingerprint density at radius 1 is 1.17 bits per heavy atom. The van der Waals surface area contributed by atoms with Gasteiger partial charge in [-0.25, -0.2) is 0 Å². The second kappa shape index (κ2) is 8.36. The number of hydrogen-bond donors (Lipinski definition) is 1. The Balaban J connectivity index is 1.50. The van der Waals surface area contributed by atoms with Crippen LogP contribution in [-0.4, -0.2) is 18.6 Å². The first-order valence-electron chi connectivity index (χ1n) is 9.47. The van der Waals surface area contributed by atoms with Gasteiger partial charge < -0.3 is 10.1 Å². The van der Waals surface area contributed by atoms with Crippen LogP contribution in [0.2, 0.25) is 0 Å². The van der Waals surface area contributed by atoms with Gasteiger partial charge in [-0.1, -0.05) is 23.8 Å². The van der Waals surface area contributed by atoms with Crippen LogP contribution in [0.1, 0.15) is 63.0 Å². The zero-order valence-electron chi connectivity index (χ0n) is 14.8. The number of amides is 1. The van der Waals surface area contributed by atoms with Crippen molar-refractivity contribution in [2.75, 3.05) is 6.54 Å². The number of carbonyl (C=O) groups excluding carboxylic acids is 1. The predicted molar refractivity (Wildman–Crippen MR) is 97.4 cm³/mol. The SMILES string of the molecule is C[C@H](Oc1cccc2c1CCCC2)C(=O)NCCC1=CCCCC1. The summed E-state index contributed by atoms with van der Waals surface area (Å²) in [6, 6.07) is 6.23. The molecule has 0 spiro atoms. The second-order valence-electron chi connectivity index (χ2n) is 7.01. The molecule has 0 aromatic heterocycles. The third-order valence-corrected chi connectivity index (χ3v) is 5.16. The molecule has 1 aromatic carbocycles. The lowest BCUT2D eigenvalue weighted by atomic mass is 9.91. The molecule has 0 fully saturated rings. The Hall–Kier alpha value is -1.77. The molecule has 0 saturated heterocycles. The van der Waals surface area contributed by atoms with Crippen LogP contribution in [0.15, 0.2) is 29.8 Å². The van der Waals surface area contributed by atoms with Gasteiger partial charge in [0.2, 0.25) is 0 Å². The van der Waals surface area contributed by atoms with Crippen molar-refractivity contribution in [3.63, 3.8) is 0 Å². The number of ether oxygens (including phenoxy) is 1. The van der Waals surface area contributed by atoms with E-state index in [0.29, 0.717) is 6.54 Å². The molecule has 2 aliphatic carbocycles. The van der Waals surface area contributed by atoms with Crippen molar-refractivity contribution >= 4 is 5.91 Å². The third-order valence-electron chi connectivity index (χ3n) is 5.16. The number of allylic oxidation sites excluding steroid dienone is 1. The molecule has 130 valence electrons. The molecule has 0 bridgehead atoms. The summed E-state index contributed by atoms with van der Waals surface area (Å²) in [4.78, 5) is 12.3. The van der Waals surface area contributed by atoms with Gasteiger partial charge in [-0.15, -0.1) is 0 Å². The first-order chi connectivity index (χ1) is 11.7. The van der Waals surface area contributed by atoms with Crippen molar-refractivity contribution in [2.45, 2.75) is 70.8 Å². The highest BCUT2D eigenvalue weighted by atomic mass is 16.5. The molecule has 3 heteroatoms. The molecule has 0 unspecified atom stereocenters. The van der Waals surface area contributed by atoms with Crippen molar-refractivity contribution in [3.8, 4) is 5.75 Å². The van der Waals surface area contributed by atoms with Crippen LogP contribution in [0.25, 0.3) is 0 Å². The zero-order chi connectivity index (χ0) is 16.8. The maximum atomic E-state index is 12.3. The Bertz CT molecular complexity index is 606. The van der Waals surface area contributed by atoms with Crippen LogP contribution >= 0.6 is 0 Å². The average molecular weight is 327 g/mol. The van der Waals surface area contributed by atoms with Gasteiger partial charge in [0.25, 0.3) is 5.91 Å². The standard InChI is InChI=1S/C21H29NO2/c1-16(21(23)22-15-14-17-8-3-2-4-9-17)24-20-13-7-11-18-10-5-6-12-19(18)20/h7-8,11,13,16H,2-6,9-10,12,14-15H2,1H3,(H,22,23)/t16-/m0/s1. The Kier molecular flexibility index (Phi) is 5.95. The number of nitrogens with one attached hydrogen (secondary N) is 1. The van der Waals surface area contributed by atoms with Crippen LogP contribution in [0.5, 0.6) is 5.75 Å². The number of fused-ring (bicyclic) bond motifs is 1. The van der Waals surface area contributed by atoms with Gasteiger partial charge >= 0.3 is 0 Å². The second-order valence-corrected chi connectivity index (χ2v) is 7.01. The summed E-state index contributed by atoms with van der Waals surface area (Å²) in [6.07, 6.45) is 12.5. The van der Waals surface area contributed by atoms with Gasteiger partial charge in [-0.2, -0.15) is 0 Å². The lowest BCUT2D eigenvalue weighted by molar-refractivity contribution is -0.127. The van der Waals surface area contributed by atoms with Gasteiger partial charge in [0.1, 0.15) is 5.75 Å². The average Bonchev–Trinajstić information content (AvgIpc) is 2.63. The van der Waals surface area contributed by atoms with Gasteiger partial charge in [0.15, 0.2) is 6.10 Å². The number of benzene rings is 1. The minimum Gasteiger partial charge on any atom is -0.481 e. The Morgan fingerprint density at radius 2 is 2.00 bits per heavy atom. The molecular weight excluding hydrogens is 298 g/mol. The summed E-state index contributed by atoms with van der Waals surface area (Å²) in [6.45, 7) is 2.56. The molecule has 3 rings (SSSR count). The molecule has 24 heavy (non-hydrogen) atoms. The molecule has 0 saturated carbocycles. The highest BCUT2D eigenvalue weighted by Gasteiger charge is 2.19. The van der Waals surface area contributed by atoms with Crippen LogP contribution in [0, 0.1) is 0 Å². The van der Waals surface area contributed by atoms with E-state index in [-0.39, 0.29) is 5.91 Å². The van der Waals surface area contributed by atoms with Crippen LogP contribution in [0.4, 0.5) is 0 Å². The summed E-state index contributed by atoms with van der Waals surface area (Å²) >= 11 is 0. The van der Waals surface area contributed by atoms with E-state index in [1.54, 1.807) is 0 Å². The fraction of sp³-hybridized carbons (Fsp3) is 0.571. The summed E-state index contributed by atoms with van der Waals surface area (Å²) in [7, 11) is 0. The van der Waals surface area contributed by atoms with Crippen molar-refractivity contribution in [2.24, 2.45) is 0 Å². The molecule has 1 amide bonds. The fourth-order valence-corrected chi connectivity index (χ4v) is 3.72. The molecule has 1 aromatic rings. The van der Waals surface area contributed by atoms with E-state index in [1.165, 1.54) is 55.2 Å². The van der Waals surface area contributed by atoms with E-state index in [9.17, 15) is 4.79 Å². The number of aryl methyl sites for hydroxylation is 1. The van der Waals surface area contributed by atoms with Gasteiger partial charge in [-0.3, -0.25) is 4.79 Å². The minimum absolute atomic E-state index is 0.0141. The lowest BCUT2D eigenvalue weighted by Crippen LogP contribution is -2.37. The highest BCUT2D eigenvalue weighted by Crippen LogP contribution is 2.30. The van der Waals surface area contributed by atoms with Crippen LogP contribution < -0.4 is 10.1 Å². The molecule has 0 heterocycles. The smallest absolute Gasteiger partial charge is 0.260 e. The lowest BCUT2D eigenvalue weighted by Gasteiger charge is -2.22. The summed E-state index contributed by atoms with van der Waals surface area (Å²) in [5.74, 6) is 0.879. The van der Waals surface area contributed by atoms with Gasteiger partial charge in [0.05, 0.1) is 0 Å². The molecule has 3 nitrogen and oxygen atoms in total. The largest absolute Gasteiger partial charge is 0.481 e. The van der Waals surface area contributed by atoms with Crippen molar-refractivity contribution in [3.05, 3.63) is 41.0 Å². The number of rotatable bonds is 6. The number of carbonyl (C=O) groups is 1. The van der Waals surface area contributed by atoms with Crippen molar-refractivity contribution in [1.82, 2.24) is 5.32 Å². The number of hydrogen-bond acceptors (Lipinski definition) is 2. The Labute approximate surface area is 145 Å². The van der Waals surface area contributed by atoms with Crippen molar-refractivity contribution in [1.29, 1.82) is 0 Å². The molecular formula is C21H29NO2. The molecule has 2 aliphatic rings. The minimum atomic E-state index is -0.446. The topological polar surface area (TPSA) is 38.3 Å². The monoisotopic (exact) mass is 327 g/mol.